The maximum Gasteiger partial charge on any atom is 0.294 e. The Morgan fingerprint density at radius 2 is 1.91 bits per heavy atom. The van der Waals surface area contributed by atoms with Gasteiger partial charge < -0.3 is 9.57 Å². The molecule has 172 valence electrons. The maximum atomic E-state index is 13.6. The molecule has 0 saturated heterocycles. The summed E-state index contributed by atoms with van der Waals surface area (Å²) in [5.74, 6) is -0.0904. The van der Waals surface area contributed by atoms with E-state index in [4.69, 9.17) is 9.57 Å². The molecule has 0 fully saturated rings. The van der Waals surface area contributed by atoms with Gasteiger partial charge in [-0.05, 0) is 37.1 Å². The first kappa shape index (κ1) is 22.7. The van der Waals surface area contributed by atoms with Crippen LogP contribution in [0.4, 0.5) is 0 Å². The fourth-order valence-electron chi connectivity index (χ4n) is 4.12. The van der Waals surface area contributed by atoms with Gasteiger partial charge in [-0.1, -0.05) is 36.8 Å². The van der Waals surface area contributed by atoms with Gasteiger partial charge in [-0.15, -0.1) is 4.73 Å². The van der Waals surface area contributed by atoms with Crippen LogP contribution in [0.15, 0.2) is 52.5 Å². The van der Waals surface area contributed by atoms with Crippen molar-refractivity contribution in [1.29, 1.82) is 0 Å². The van der Waals surface area contributed by atoms with Crippen LogP contribution in [0.2, 0.25) is 0 Å². The fraction of sp³-hybridized carbons (Fsp3) is 0.360. The van der Waals surface area contributed by atoms with Crippen LogP contribution in [0.25, 0.3) is 11.0 Å². The van der Waals surface area contributed by atoms with Crippen LogP contribution in [0, 0.1) is 13.8 Å². The van der Waals surface area contributed by atoms with Gasteiger partial charge in [0, 0.05) is 31.5 Å². The Hall–Kier alpha value is -3.52. The lowest BCUT2D eigenvalue weighted by Gasteiger charge is -2.21. The van der Waals surface area contributed by atoms with Crippen LogP contribution < -0.4 is 10.4 Å². The lowest BCUT2D eigenvalue weighted by molar-refractivity contribution is -0.132. The average molecular weight is 449 g/mol. The summed E-state index contributed by atoms with van der Waals surface area (Å²) in [6, 6.07) is 11.5. The van der Waals surface area contributed by atoms with E-state index in [1.54, 1.807) is 13.3 Å². The summed E-state index contributed by atoms with van der Waals surface area (Å²) < 4.78 is 6.28. The highest BCUT2D eigenvalue weighted by Crippen LogP contribution is 2.34. The van der Waals surface area contributed by atoms with Crippen molar-refractivity contribution in [3.63, 3.8) is 0 Å². The molecule has 8 nitrogen and oxygen atoms in total. The summed E-state index contributed by atoms with van der Waals surface area (Å²) in [4.78, 5) is 36.5. The van der Waals surface area contributed by atoms with Gasteiger partial charge in [-0.3, -0.25) is 9.59 Å². The second-order valence-electron chi connectivity index (χ2n) is 8.07. The predicted molar refractivity (Wildman–Crippen MR) is 126 cm³/mol. The van der Waals surface area contributed by atoms with Crippen molar-refractivity contribution in [2.45, 2.75) is 39.7 Å². The van der Waals surface area contributed by atoms with Crippen LogP contribution in [0.1, 0.15) is 48.1 Å². The Balaban J connectivity index is 1.84. The van der Waals surface area contributed by atoms with Crippen molar-refractivity contribution < 1.29 is 14.4 Å². The Labute approximate surface area is 192 Å². The summed E-state index contributed by atoms with van der Waals surface area (Å²) in [6.07, 6.45) is 2.39. The lowest BCUT2D eigenvalue weighted by atomic mass is 9.95. The summed E-state index contributed by atoms with van der Waals surface area (Å²) in [6.45, 7) is 6.25. The number of aromatic nitrogens is 2. The third-order valence-electron chi connectivity index (χ3n) is 5.88. The predicted octanol–water partition coefficient (Wildman–Crippen LogP) is 3.18. The van der Waals surface area contributed by atoms with Crippen LogP contribution in [-0.2, 0) is 9.53 Å². The molecule has 0 radical (unpaired) electrons. The first-order chi connectivity index (χ1) is 16.0. The highest BCUT2D eigenvalue weighted by molar-refractivity contribution is 6.06. The minimum Gasteiger partial charge on any atom is -0.406 e. The number of methoxy groups -OCH3 is 1. The van der Waals surface area contributed by atoms with Crippen LogP contribution >= 0.6 is 0 Å². The monoisotopic (exact) mass is 448 g/mol. The standard InChI is InChI=1S/C25H28N4O4/c1-5-22(30)28-21(18-10-8-16(2)9-11-18)15-20(27-28)23-17(3)19-7-6-12-26-24(19)29(25(23)31)33-14-13-32-4/h6-12,21H,5,13-15H2,1-4H3. The van der Waals surface area contributed by atoms with E-state index in [2.05, 4.69) is 10.1 Å². The molecule has 0 saturated carbocycles. The zero-order valence-corrected chi connectivity index (χ0v) is 19.4. The molecule has 1 aromatic carbocycles. The molecule has 1 aliphatic rings. The van der Waals surface area contributed by atoms with Gasteiger partial charge in [0.25, 0.3) is 5.56 Å². The number of hydrogen-bond acceptors (Lipinski definition) is 6. The minimum atomic E-state index is -0.345. The van der Waals surface area contributed by atoms with E-state index in [1.165, 1.54) is 9.74 Å². The molecular formula is C25H28N4O4. The van der Waals surface area contributed by atoms with Crippen LogP contribution in [0.5, 0.6) is 0 Å². The van der Waals surface area contributed by atoms with Crippen molar-refractivity contribution in [2.24, 2.45) is 5.10 Å². The molecule has 1 unspecified atom stereocenters. The Morgan fingerprint density at radius 3 is 2.61 bits per heavy atom. The van der Waals surface area contributed by atoms with E-state index in [-0.39, 0.29) is 24.1 Å². The van der Waals surface area contributed by atoms with Crippen molar-refractivity contribution in [3.05, 3.63) is 75.2 Å². The zero-order valence-electron chi connectivity index (χ0n) is 19.4. The maximum absolute atomic E-state index is 13.6. The molecule has 0 N–H and O–H groups in total. The molecule has 0 aliphatic carbocycles. The SMILES string of the molecule is CCC(=O)N1N=C(c2c(C)c3cccnc3n(OCCOC)c2=O)CC1c1ccc(C)cc1. The van der Waals surface area contributed by atoms with E-state index >= 15 is 0 Å². The molecule has 3 heterocycles. The summed E-state index contributed by atoms with van der Waals surface area (Å²) in [5, 5.41) is 6.97. The second kappa shape index (κ2) is 9.54. The number of amides is 1. The molecule has 1 amide bonds. The van der Waals surface area contributed by atoms with Crippen molar-refractivity contribution in [1.82, 2.24) is 14.7 Å². The number of fused-ring (bicyclic) bond motifs is 1. The van der Waals surface area contributed by atoms with E-state index in [0.717, 1.165) is 22.1 Å². The summed E-state index contributed by atoms with van der Waals surface area (Å²) >= 11 is 0. The molecule has 2 aromatic heterocycles. The van der Waals surface area contributed by atoms with Crippen molar-refractivity contribution in [3.8, 4) is 0 Å². The largest absolute Gasteiger partial charge is 0.406 e. The van der Waals surface area contributed by atoms with Gasteiger partial charge in [0.05, 0.1) is 23.9 Å². The smallest absolute Gasteiger partial charge is 0.294 e. The van der Waals surface area contributed by atoms with E-state index in [1.807, 2.05) is 57.2 Å². The van der Waals surface area contributed by atoms with Gasteiger partial charge in [-0.2, -0.15) is 5.10 Å². The molecule has 0 bridgehead atoms. The molecule has 33 heavy (non-hydrogen) atoms. The van der Waals surface area contributed by atoms with Gasteiger partial charge in [0.1, 0.15) is 6.61 Å². The van der Waals surface area contributed by atoms with Gasteiger partial charge in [0.15, 0.2) is 5.65 Å². The Kier molecular flexibility index (Phi) is 6.55. The molecule has 8 heteroatoms. The number of rotatable bonds is 7. The Bertz CT molecular complexity index is 1260. The fourth-order valence-corrected chi connectivity index (χ4v) is 4.12. The first-order valence-corrected chi connectivity index (χ1v) is 11.0. The number of hydrogen-bond donors (Lipinski definition) is 0. The van der Waals surface area contributed by atoms with E-state index in [9.17, 15) is 9.59 Å². The number of benzene rings is 1. The molecule has 1 atom stereocenters. The van der Waals surface area contributed by atoms with Crippen LogP contribution in [0.3, 0.4) is 0 Å². The normalized spacial score (nSPS) is 15.7. The third-order valence-corrected chi connectivity index (χ3v) is 5.88. The molecular weight excluding hydrogens is 420 g/mol. The number of nitrogens with zero attached hydrogens (tertiary/aromatic N) is 4. The molecule has 3 aromatic rings. The number of carbonyl (C=O) groups excluding carboxylic acids is 1. The van der Waals surface area contributed by atoms with Gasteiger partial charge in [-0.25, -0.2) is 9.99 Å². The second-order valence-corrected chi connectivity index (χ2v) is 8.07. The van der Waals surface area contributed by atoms with E-state index in [0.29, 0.717) is 36.4 Å². The van der Waals surface area contributed by atoms with Gasteiger partial charge in [0.2, 0.25) is 5.91 Å². The first-order valence-electron chi connectivity index (χ1n) is 11.0. The Morgan fingerprint density at radius 1 is 1.15 bits per heavy atom. The number of pyridine rings is 2. The third kappa shape index (κ3) is 4.26. The van der Waals surface area contributed by atoms with Crippen molar-refractivity contribution >= 4 is 22.7 Å². The van der Waals surface area contributed by atoms with Gasteiger partial charge >= 0.3 is 0 Å². The molecule has 1 aliphatic heterocycles. The minimum absolute atomic E-state index is 0.0904. The average Bonchev–Trinajstić information content (AvgIpc) is 3.26. The quantitative estimate of drug-likeness (QED) is 0.518. The molecule has 0 spiro atoms. The number of hydrazone groups is 1. The van der Waals surface area contributed by atoms with Crippen LogP contribution in [-0.4, -0.2) is 46.7 Å². The molecule has 4 rings (SSSR count). The highest BCUT2D eigenvalue weighted by Gasteiger charge is 2.34. The lowest BCUT2D eigenvalue weighted by Crippen LogP contribution is -2.34. The van der Waals surface area contributed by atoms with E-state index < -0.39 is 0 Å². The number of aryl methyl sites for hydroxylation is 2. The highest BCUT2D eigenvalue weighted by atomic mass is 16.7. The summed E-state index contributed by atoms with van der Waals surface area (Å²) in [7, 11) is 1.57. The summed E-state index contributed by atoms with van der Waals surface area (Å²) in [5.41, 5.74) is 3.99. The zero-order chi connectivity index (χ0) is 23.5. The topological polar surface area (TPSA) is 86.0 Å². The van der Waals surface area contributed by atoms with Crippen molar-refractivity contribution in [2.75, 3.05) is 20.3 Å². The number of ether oxygens (including phenoxy) is 1. The number of carbonyl (C=O) groups is 1.